The third kappa shape index (κ3) is 14.3. The topological polar surface area (TPSA) is 159 Å². The highest BCUT2D eigenvalue weighted by molar-refractivity contribution is 6.31. The quantitative estimate of drug-likeness (QED) is 0.124. The van der Waals surface area contributed by atoms with Gasteiger partial charge in [-0.2, -0.15) is 0 Å². The number of carbonyl (C=O) groups excluding carboxylic acids is 5. The molecule has 6 atom stereocenters. The van der Waals surface area contributed by atoms with Crippen LogP contribution < -0.4 is 15.4 Å². The van der Waals surface area contributed by atoms with Crippen molar-refractivity contribution >= 4 is 52.7 Å². The minimum Gasteiger partial charge on any atom is -0.457 e. The summed E-state index contributed by atoms with van der Waals surface area (Å²) in [6, 6.07) is 25.4. The molecule has 1 aromatic heterocycles. The van der Waals surface area contributed by atoms with Crippen molar-refractivity contribution in [2.45, 2.75) is 89.4 Å². The highest BCUT2D eigenvalue weighted by atomic mass is 35.5. The number of likely N-dealkylation sites (N-methyl/N-ethyl adjacent to an activating group) is 2. The molecule has 18 heteroatoms. The molecule has 5 aromatic rings. The number of amides is 5. The normalized spacial score (nSPS) is 22.3. The fraction of sp³-hybridized carbons (Fsp3) is 0.418. The third-order valence-corrected chi connectivity index (χ3v) is 14.4. The van der Waals surface area contributed by atoms with Crippen LogP contribution in [-0.4, -0.2) is 136 Å². The van der Waals surface area contributed by atoms with Gasteiger partial charge >= 0.3 is 0 Å². The molecule has 3 heterocycles. The van der Waals surface area contributed by atoms with E-state index in [1.54, 1.807) is 62.4 Å². The van der Waals surface area contributed by atoms with Gasteiger partial charge in [-0.15, -0.1) is 0 Å². The number of alkyl halides is 1. The fourth-order valence-corrected chi connectivity index (χ4v) is 9.58. The average Bonchev–Trinajstić information content (AvgIpc) is 3.97. The lowest BCUT2D eigenvalue weighted by atomic mass is 9.93. The summed E-state index contributed by atoms with van der Waals surface area (Å²) in [5, 5.41) is 6.72. The zero-order chi connectivity index (χ0) is 52.3. The van der Waals surface area contributed by atoms with E-state index < -0.39 is 54.0 Å². The molecule has 4 aromatic carbocycles. The molecule has 2 aliphatic heterocycles. The van der Waals surface area contributed by atoms with Gasteiger partial charge in [-0.25, -0.2) is 9.37 Å². The lowest BCUT2D eigenvalue weighted by molar-refractivity contribution is -0.147. The van der Waals surface area contributed by atoms with Crippen LogP contribution in [0.1, 0.15) is 55.6 Å². The summed E-state index contributed by atoms with van der Waals surface area (Å²) in [6.45, 7) is 4.78. The van der Waals surface area contributed by atoms with E-state index in [1.807, 2.05) is 85.3 Å². The Balaban J connectivity index is 1.20. The summed E-state index contributed by atoms with van der Waals surface area (Å²) in [5.74, 6) is -1.55. The number of carbonyl (C=O) groups is 5. The second kappa shape index (κ2) is 25.1. The minimum atomic E-state index is -1.21. The van der Waals surface area contributed by atoms with Crippen LogP contribution in [0.4, 0.5) is 4.39 Å². The van der Waals surface area contributed by atoms with Crippen LogP contribution in [-0.2, 0) is 61.7 Å². The van der Waals surface area contributed by atoms with Gasteiger partial charge in [0, 0.05) is 94.0 Å². The summed E-state index contributed by atoms with van der Waals surface area (Å²) in [6.07, 6.45) is 1.65. The number of likely N-dealkylation sites (tertiary alicyclic amines) is 1. The van der Waals surface area contributed by atoms with Crippen molar-refractivity contribution in [1.82, 2.24) is 39.8 Å². The summed E-state index contributed by atoms with van der Waals surface area (Å²) in [7, 11) is 6.57. The molecule has 0 aliphatic carbocycles. The second-order valence-corrected chi connectivity index (χ2v) is 20.0. The van der Waals surface area contributed by atoms with Crippen LogP contribution in [0.25, 0.3) is 11.3 Å². The summed E-state index contributed by atoms with van der Waals surface area (Å²) >= 11 is 12.8. The second-order valence-electron chi connectivity index (χ2n) is 19.2. The Morgan fingerprint density at radius 3 is 2.18 bits per heavy atom. The Morgan fingerprint density at radius 1 is 0.795 bits per heavy atom. The van der Waals surface area contributed by atoms with E-state index in [1.165, 1.54) is 16.9 Å². The number of benzene rings is 4. The SMILES string of the molecule is COC[C@@H]1NC(=O)[C@H](C)N(Cc2ccc(Cl)cc2Oc2ccc(-c3cnc(CN4CCC(F)C4)n3C)cc2)C(=O)C[C@@H](Cc2ccccc2)C(=O)N(C)[C@@H](C)CNC(=O)C[C@H](Cc2ccc(Cl)cc2)N(C)C1=O. The van der Waals surface area contributed by atoms with Gasteiger partial charge in [0.15, 0.2) is 0 Å². The first-order chi connectivity index (χ1) is 35.0. The molecular formula is C55H65Cl2FN8O7. The average molecular weight is 1040 g/mol. The summed E-state index contributed by atoms with van der Waals surface area (Å²) in [5.41, 5.74) is 3.94. The monoisotopic (exact) mass is 1040 g/mol. The van der Waals surface area contributed by atoms with Gasteiger partial charge in [-0.3, -0.25) is 28.9 Å². The number of rotatable bonds is 13. The van der Waals surface area contributed by atoms with Crippen molar-refractivity contribution in [3.63, 3.8) is 0 Å². The van der Waals surface area contributed by atoms with E-state index in [0.29, 0.717) is 53.2 Å². The van der Waals surface area contributed by atoms with Gasteiger partial charge < -0.3 is 39.4 Å². The Hall–Kier alpha value is -6.33. The lowest BCUT2D eigenvalue weighted by Gasteiger charge is -2.35. The molecule has 7 rings (SSSR count). The molecule has 0 spiro atoms. The Morgan fingerprint density at radius 2 is 1.49 bits per heavy atom. The molecular weight excluding hydrogens is 975 g/mol. The fourth-order valence-electron chi connectivity index (χ4n) is 9.29. The first-order valence-corrected chi connectivity index (χ1v) is 25.3. The number of nitrogens with one attached hydrogen (secondary N) is 2. The molecule has 2 N–H and O–H groups in total. The molecule has 0 radical (unpaired) electrons. The van der Waals surface area contributed by atoms with Gasteiger partial charge in [-0.05, 0) is 92.8 Å². The van der Waals surface area contributed by atoms with Crippen LogP contribution >= 0.6 is 23.2 Å². The first kappa shape index (κ1) is 54.4. The van der Waals surface area contributed by atoms with E-state index >= 15 is 4.79 Å². The lowest BCUT2D eigenvalue weighted by Crippen LogP contribution is -2.57. The maximum atomic E-state index is 15.1. The van der Waals surface area contributed by atoms with Gasteiger partial charge in [-0.1, -0.05) is 71.7 Å². The predicted octanol–water partition coefficient (Wildman–Crippen LogP) is 7.26. The summed E-state index contributed by atoms with van der Waals surface area (Å²) < 4.78 is 27.9. The molecule has 73 heavy (non-hydrogen) atoms. The molecule has 15 nitrogen and oxygen atoms in total. The number of halogens is 3. The van der Waals surface area contributed by atoms with E-state index in [9.17, 15) is 23.6 Å². The maximum Gasteiger partial charge on any atom is 0.247 e. The standard InChI is InChI=1S/C55H65Cl2FN8O7/c1-35-29-60-51(67)28-45(25-38-12-17-42(56)18-13-38)63(4)55(71)47(34-72-6)61-53(69)36(2)66(52(68)26-41(54(70)62(35)3)24-37-10-8-7-9-11-37)31-40-14-19-43(57)27-49(40)73-46-20-15-39(16-21-46)48-30-59-50(64(48)5)33-65-23-22-44(58)32-65/h7-21,27,30,35-36,41,44-45,47H,22-26,28-29,31-34H2,1-6H3,(H,60,67)(H,61,69)/t35-,36-,41+,44?,45-,47-/m0/s1. The minimum absolute atomic E-state index is 0.0815. The van der Waals surface area contributed by atoms with Crippen molar-refractivity contribution in [2.75, 3.05) is 47.4 Å². The number of methoxy groups -OCH3 is 1. The zero-order valence-electron chi connectivity index (χ0n) is 42.2. The Kier molecular flexibility index (Phi) is 18.7. The van der Waals surface area contributed by atoms with Crippen LogP contribution in [0.5, 0.6) is 11.5 Å². The van der Waals surface area contributed by atoms with Crippen LogP contribution in [0.3, 0.4) is 0 Å². The van der Waals surface area contributed by atoms with E-state index in [4.69, 9.17) is 32.7 Å². The van der Waals surface area contributed by atoms with Crippen molar-refractivity contribution in [3.05, 3.63) is 136 Å². The number of hydrogen-bond donors (Lipinski definition) is 2. The predicted molar refractivity (Wildman–Crippen MR) is 279 cm³/mol. The first-order valence-electron chi connectivity index (χ1n) is 24.6. The van der Waals surface area contributed by atoms with Crippen LogP contribution in [0, 0.1) is 5.92 Å². The van der Waals surface area contributed by atoms with Crippen molar-refractivity contribution in [3.8, 4) is 22.8 Å². The molecule has 2 aliphatic rings. The van der Waals surface area contributed by atoms with Crippen molar-refractivity contribution in [2.24, 2.45) is 13.0 Å². The number of hydrogen-bond acceptors (Lipinski definition) is 9. The zero-order valence-corrected chi connectivity index (χ0v) is 43.7. The highest BCUT2D eigenvalue weighted by Crippen LogP contribution is 2.33. The maximum absolute atomic E-state index is 15.1. The van der Waals surface area contributed by atoms with Gasteiger partial charge in [0.2, 0.25) is 29.5 Å². The molecule has 5 amide bonds. The summed E-state index contributed by atoms with van der Waals surface area (Å²) in [4.78, 5) is 83.5. The number of nitrogens with zero attached hydrogens (tertiary/aromatic N) is 6. The van der Waals surface area contributed by atoms with Crippen molar-refractivity contribution < 1.29 is 37.8 Å². The van der Waals surface area contributed by atoms with Crippen molar-refractivity contribution in [1.29, 1.82) is 0 Å². The Labute approximate surface area is 436 Å². The van der Waals surface area contributed by atoms with Crippen LogP contribution in [0.15, 0.2) is 103 Å². The third-order valence-electron chi connectivity index (χ3n) is 13.9. The smallest absolute Gasteiger partial charge is 0.247 e. The molecule has 1 unspecified atom stereocenters. The highest BCUT2D eigenvalue weighted by Gasteiger charge is 2.37. The van der Waals surface area contributed by atoms with E-state index in [-0.39, 0.29) is 57.2 Å². The Bertz CT molecular complexity index is 2710. The van der Waals surface area contributed by atoms with E-state index in [2.05, 4.69) is 20.5 Å². The van der Waals surface area contributed by atoms with Gasteiger partial charge in [0.05, 0.1) is 37.5 Å². The molecule has 388 valence electrons. The molecule has 0 bridgehead atoms. The number of aromatic nitrogens is 2. The largest absolute Gasteiger partial charge is 0.457 e. The van der Waals surface area contributed by atoms with Gasteiger partial charge in [0.1, 0.15) is 35.6 Å². The van der Waals surface area contributed by atoms with E-state index in [0.717, 1.165) is 28.2 Å². The van der Waals surface area contributed by atoms with Gasteiger partial charge in [0.25, 0.3) is 0 Å². The molecule has 0 saturated carbocycles. The molecule has 2 saturated heterocycles. The molecule has 2 fully saturated rings. The number of ether oxygens (including phenoxy) is 2. The van der Waals surface area contributed by atoms with Crippen LogP contribution in [0.2, 0.25) is 10.0 Å². The number of imidazole rings is 1.